The Kier molecular flexibility index (Phi) is 5.04. The van der Waals surface area contributed by atoms with Gasteiger partial charge in [-0.25, -0.2) is 4.79 Å². The number of carbonyl (C=O) groups is 3. The maximum Gasteiger partial charge on any atom is 0.341 e. The van der Waals surface area contributed by atoms with E-state index in [1.807, 2.05) is 12.2 Å². The number of carboxylic acid groups (broad SMARTS) is 1. The first-order valence-corrected chi connectivity index (χ1v) is 10.7. The zero-order chi connectivity index (χ0) is 20.0. The van der Waals surface area contributed by atoms with Crippen LogP contribution in [0.5, 0.6) is 0 Å². The van der Waals surface area contributed by atoms with Gasteiger partial charge in [0.15, 0.2) is 0 Å². The fourth-order valence-corrected chi connectivity index (χ4v) is 6.20. The van der Waals surface area contributed by atoms with Crippen molar-refractivity contribution < 1.29 is 24.2 Å². The number of fused-ring (bicyclic) bond motifs is 3. The molecule has 2 bridgehead atoms. The van der Waals surface area contributed by atoms with Crippen LogP contribution < -0.4 is 10.4 Å². The molecule has 0 unspecified atom stereocenters. The molecule has 0 radical (unpaired) electrons. The number of hydrogen-bond acceptors (Lipinski definition) is 6. The van der Waals surface area contributed by atoms with E-state index in [-0.39, 0.29) is 24.3 Å². The number of esters is 1. The van der Waals surface area contributed by atoms with Crippen molar-refractivity contribution in [1.29, 1.82) is 0 Å². The molecule has 3 aliphatic rings. The van der Waals surface area contributed by atoms with Crippen molar-refractivity contribution in [3.05, 3.63) is 28.2 Å². The fourth-order valence-electron chi connectivity index (χ4n) is 4.96. The van der Waals surface area contributed by atoms with Crippen molar-refractivity contribution in [2.75, 3.05) is 11.9 Å². The zero-order valence-corrected chi connectivity index (χ0v) is 16.8. The number of rotatable bonds is 5. The second kappa shape index (κ2) is 7.35. The number of aryl methyl sites for hydroxylation is 1. The van der Waals surface area contributed by atoms with Crippen LogP contribution in [0.4, 0.5) is 5.00 Å². The maximum atomic E-state index is 13.0. The average Bonchev–Trinajstić information content (AvgIpc) is 3.33. The number of thiophene rings is 1. The number of aliphatic carboxylic acids is 1. The summed E-state index contributed by atoms with van der Waals surface area (Å²) in [6.45, 7) is 4.17. The lowest BCUT2D eigenvalue weighted by Crippen LogP contribution is -2.42. The van der Waals surface area contributed by atoms with E-state index < -0.39 is 23.8 Å². The highest BCUT2D eigenvalue weighted by Gasteiger charge is 2.49. The minimum Gasteiger partial charge on any atom is -0.550 e. The molecule has 0 aromatic carbocycles. The van der Waals surface area contributed by atoms with E-state index in [2.05, 4.69) is 12.2 Å². The summed E-state index contributed by atoms with van der Waals surface area (Å²) in [4.78, 5) is 38.4. The molecule has 0 aliphatic heterocycles. The van der Waals surface area contributed by atoms with Crippen LogP contribution in [-0.2, 0) is 27.2 Å². The van der Waals surface area contributed by atoms with Gasteiger partial charge in [0.1, 0.15) is 5.00 Å². The zero-order valence-electron chi connectivity index (χ0n) is 16.0. The van der Waals surface area contributed by atoms with E-state index in [4.69, 9.17) is 4.74 Å². The van der Waals surface area contributed by atoms with Gasteiger partial charge >= 0.3 is 5.97 Å². The number of allylic oxidation sites excluding steroid dienone is 2. The van der Waals surface area contributed by atoms with Crippen LogP contribution in [0, 0.1) is 29.6 Å². The van der Waals surface area contributed by atoms with Crippen LogP contribution in [0.15, 0.2) is 12.2 Å². The van der Waals surface area contributed by atoms with E-state index in [1.165, 1.54) is 11.3 Å². The Hall–Kier alpha value is -2.15. The molecule has 6 nitrogen and oxygen atoms in total. The average molecular weight is 402 g/mol. The van der Waals surface area contributed by atoms with Gasteiger partial charge in [0.25, 0.3) is 0 Å². The molecule has 0 saturated heterocycles. The van der Waals surface area contributed by atoms with Crippen LogP contribution in [0.3, 0.4) is 0 Å². The van der Waals surface area contributed by atoms with Gasteiger partial charge in [-0.15, -0.1) is 11.3 Å². The van der Waals surface area contributed by atoms with Crippen molar-refractivity contribution in [2.24, 2.45) is 29.6 Å². The quantitative estimate of drug-likeness (QED) is 0.602. The van der Waals surface area contributed by atoms with E-state index in [9.17, 15) is 19.5 Å². The molecule has 3 aliphatic carbocycles. The standard InChI is InChI=1S/C21H25NO5S/c1-3-27-21(26)17-13-8-10(2)4-7-14(13)28-19(17)22-18(23)15-11-5-6-12(9-11)16(15)20(24)25/h5-6,10-12,15-16H,3-4,7-9H2,1-2H3,(H,22,23)(H,24,25)/p-1/t10-,11+,12-,15+,16-/m0/s1. The molecule has 1 saturated carbocycles. The number of ether oxygens (including phenoxy) is 1. The highest BCUT2D eigenvalue weighted by molar-refractivity contribution is 7.17. The van der Waals surface area contributed by atoms with Crippen LogP contribution in [-0.4, -0.2) is 24.5 Å². The van der Waals surface area contributed by atoms with Gasteiger partial charge in [-0.1, -0.05) is 19.1 Å². The van der Waals surface area contributed by atoms with Gasteiger partial charge < -0.3 is 20.0 Å². The highest BCUT2D eigenvalue weighted by atomic mass is 32.1. The number of hydrogen-bond donors (Lipinski definition) is 1. The smallest absolute Gasteiger partial charge is 0.341 e. The topological polar surface area (TPSA) is 95.5 Å². The van der Waals surface area contributed by atoms with E-state index in [0.29, 0.717) is 22.9 Å². The fraction of sp³-hybridized carbons (Fsp3) is 0.571. The molecule has 5 atom stereocenters. The molecule has 150 valence electrons. The summed E-state index contributed by atoms with van der Waals surface area (Å²) in [6.07, 6.45) is 7.19. The minimum atomic E-state index is -1.18. The SMILES string of the molecule is CCOC(=O)c1c(NC(=O)[C@H]2[C@@H](C(=O)[O-])[C@H]3C=C[C@@H]2C3)sc2c1C[C@@H](C)CC2. The van der Waals surface area contributed by atoms with Crippen molar-refractivity contribution in [2.45, 2.75) is 39.5 Å². The summed E-state index contributed by atoms with van der Waals surface area (Å²) < 4.78 is 5.25. The van der Waals surface area contributed by atoms with Gasteiger partial charge in [0.05, 0.1) is 18.1 Å². The summed E-state index contributed by atoms with van der Waals surface area (Å²) in [6, 6.07) is 0. The van der Waals surface area contributed by atoms with Gasteiger partial charge in [-0.2, -0.15) is 0 Å². The van der Waals surface area contributed by atoms with Gasteiger partial charge in [-0.3, -0.25) is 4.79 Å². The Labute approximate surface area is 168 Å². The Morgan fingerprint density at radius 3 is 2.64 bits per heavy atom. The monoisotopic (exact) mass is 402 g/mol. The van der Waals surface area contributed by atoms with Crippen LogP contribution in [0.1, 0.15) is 47.5 Å². The summed E-state index contributed by atoms with van der Waals surface area (Å²) >= 11 is 1.42. The molecule has 28 heavy (non-hydrogen) atoms. The normalized spacial score (nSPS) is 30.1. The summed E-state index contributed by atoms with van der Waals surface area (Å²) in [5.74, 6) is -3.18. The first kappa shape index (κ1) is 19.2. The Balaban J connectivity index is 1.64. The van der Waals surface area contributed by atoms with E-state index >= 15 is 0 Å². The van der Waals surface area contributed by atoms with Crippen molar-refractivity contribution in [3.63, 3.8) is 0 Å². The molecule has 1 aromatic rings. The summed E-state index contributed by atoms with van der Waals surface area (Å²) in [5.41, 5.74) is 1.42. The van der Waals surface area contributed by atoms with Gasteiger partial charge in [0, 0.05) is 16.8 Å². The van der Waals surface area contributed by atoms with Crippen LogP contribution in [0.2, 0.25) is 0 Å². The lowest BCUT2D eigenvalue weighted by atomic mass is 9.82. The molecule has 1 N–H and O–H groups in total. The molecule has 1 amide bonds. The first-order chi connectivity index (χ1) is 13.4. The molecule has 1 heterocycles. The predicted octanol–water partition coefficient (Wildman–Crippen LogP) is 2.18. The Bertz CT molecular complexity index is 857. The van der Waals surface area contributed by atoms with Gasteiger partial charge in [-0.05, 0) is 55.9 Å². The molecule has 4 rings (SSSR count). The molecular formula is C21H24NO5S-. The highest BCUT2D eigenvalue weighted by Crippen LogP contribution is 2.49. The number of carboxylic acids is 1. The van der Waals surface area contributed by atoms with E-state index in [0.717, 1.165) is 29.7 Å². The number of carbonyl (C=O) groups excluding carboxylic acids is 3. The predicted molar refractivity (Wildman–Crippen MR) is 103 cm³/mol. The second-order valence-electron chi connectivity index (χ2n) is 8.08. The van der Waals surface area contributed by atoms with Crippen LogP contribution in [0.25, 0.3) is 0 Å². The second-order valence-corrected chi connectivity index (χ2v) is 9.19. The molecule has 1 fully saturated rings. The maximum absolute atomic E-state index is 13.0. The molecule has 0 spiro atoms. The van der Waals surface area contributed by atoms with E-state index in [1.54, 1.807) is 6.92 Å². The largest absolute Gasteiger partial charge is 0.550 e. The molecular weight excluding hydrogens is 378 g/mol. The Morgan fingerprint density at radius 1 is 1.25 bits per heavy atom. The number of nitrogens with one attached hydrogen (secondary N) is 1. The molecule has 7 heteroatoms. The third-order valence-electron chi connectivity index (χ3n) is 6.26. The Morgan fingerprint density at radius 2 is 1.96 bits per heavy atom. The summed E-state index contributed by atoms with van der Waals surface area (Å²) in [7, 11) is 0. The first-order valence-electron chi connectivity index (χ1n) is 9.92. The third-order valence-corrected chi connectivity index (χ3v) is 7.47. The minimum absolute atomic E-state index is 0.0893. The van der Waals surface area contributed by atoms with Crippen molar-refractivity contribution in [1.82, 2.24) is 0 Å². The van der Waals surface area contributed by atoms with Crippen molar-refractivity contribution in [3.8, 4) is 0 Å². The lowest BCUT2D eigenvalue weighted by Gasteiger charge is -2.27. The molecule has 1 aromatic heterocycles. The third kappa shape index (κ3) is 3.15. The lowest BCUT2D eigenvalue weighted by molar-refractivity contribution is -0.313. The summed E-state index contributed by atoms with van der Waals surface area (Å²) in [5, 5.41) is 15.0. The van der Waals surface area contributed by atoms with Gasteiger partial charge in [0.2, 0.25) is 5.91 Å². The van der Waals surface area contributed by atoms with Crippen molar-refractivity contribution >= 4 is 34.2 Å². The number of amides is 1. The van der Waals surface area contributed by atoms with Crippen LogP contribution >= 0.6 is 11.3 Å². The number of anilines is 1.